The molecule has 0 radical (unpaired) electrons. The van der Waals surface area contributed by atoms with Crippen molar-refractivity contribution in [3.8, 4) is 11.5 Å². The van der Waals surface area contributed by atoms with Gasteiger partial charge in [0.2, 0.25) is 0 Å². The third kappa shape index (κ3) is 5.49. The minimum atomic E-state index is -1.22. The maximum absolute atomic E-state index is 12.2. The third-order valence-electron chi connectivity index (χ3n) is 4.00. The Hall–Kier alpha value is -3.51. The lowest BCUT2D eigenvalue weighted by Crippen LogP contribution is -2.27. The average molecular weight is 405 g/mol. The first-order chi connectivity index (χ1) is 14.1. The summed E-state index contributed by atoms with van der Waals surface area (Å²) in [5.41, 5.74) is 0.803. The smallest absolute Gasteiger partial charge is 0.352 e. The van der Waals surface area contributed by atoms with Crippen LogP contribution in [-0.4, -0.2) is 23.2 Å². The Labute approximate surface area is 173 Å². The first-order valence-corrected chi connectivity index (χ1v) is 10.0. The first-order valence-electron chi connectivity index (χ1n) is 8.79. The highest BCUT2D eigenvalue weighted by Crippen LogP contribution is 2.31. The zero-order valence-corrected chi connectivity index (χ0v) is 16.5. The van der Waals surface area contributed by atoms with Crippen LogP contribution >= 0.6 is 11.8 Å². The molecule has 0 bridgehead atoms. The Morgan fingerprint density at radius 1 is 0.931 bits per heavy atom. The van der Waals surface area contributed by atoms with Crippen LogP contribution in [0.25, 0.3) is 6.08 Å². The second kappa shape index (κ2) is 9.61. The number of thioether (sulfide) groups is 1. The molecule has 0 aromatic heterocycles. The summed E-state index contributed by atoms with van der Waals surface area (Å²) in [6.07, 6.45) is 3.38. The van der Waals surface area contributed by atoms with Gasteiger partial charge in [-0.05, 0) is 54.3 Å². The van der Waals surface area contributed by atoms with Crippen LogP contribution in [0.3, 0.4) is 0 Å². The highest BCUT2D eigenvalue weighted by atomic mass is 32.2. The van der Waals surface area contributed by atoms with E-state index in [0.29, 0.717) is 16.9 Å². The number of carbonyl (C=O) groups is 2. The van der Waals surface area contributed by atoms with Crippen molar-refractivity contribution >= 4 is 29.7 Å². The number of ether oxygens (including phenoxy) is 1. The molecule has 0 saturated heterocycles. The number of amides is 1. The fraction of sp³-hybridized carbons (Fsp3) is 0.0435. The molecule has 0 saturated carbocycles. The van der Waals surface area contributed by atoms with Crippen molar-refractivity contribution in [1.29, 1.82) is 0 Å². The summed E-state index contributed by atoms with van der Waals surface area (Å²) in [5.74, 6) is -0.310. The number of carboxylic acid groups (broad SMARTS) is 1. The maximum Gasteiger partial charge on any atom is 0.352 e. The Bertz CT molecular complexity index is 1030. The van der Waals surface area contributed by atoms with Crippen molar-refractivity contribution in [3.05, 3.63) is 95.7 Å². The van der Waals surface area contributed by atoms with Crippen LogP contribution in [0.1, 0.15) is 15.9 Å². The summed E-state index contributed by atoms with van der Waals surface area (Å²) >= 11 is 1.59. The largest absolute Gasteiger partial charge is 0.477 e. The van der Waals surface area contributed by atoms with E-state index in [1.54, 1.807) is 66.4 Å². The van der Waals surface area contributed by atoms with E-state index >= 15 is 0 Å². The fourth-order valence-electron chi connectivity index (χ4n) is 2.56. The monoisotopic (exact) mass is 405 g/mol. The number of carboxylic acids is 1. The van der Waals surface area contributed by atoms with Gasteiger partial charge in [0.15, 0.2) is 0 Å². The minimum absolute atomic E-state index is 0.208. The van der Waals surface area contributed by atoms with Crippen molar-refractivity contribution < 1.29 is 19.4 Å². The highest BCUT2D eigenvalue weighted by molar-refractivity contribution is 7.98. The number of nitrogens with one attached hydrogen (secondary N) is 1. The normalized spacial score (nSPS) is 11.0. The fourth-order valence-corrected chi connectivity index (χ4v) is 3.09. The Balaban J connectivity index is 1.75. The second-order valence-electron chi connectivity index (χ2n) is 6.01. The molecule has 0 fully saturated rings. The number of benzene rings is 3. The Morgan fingerprint density at radius 2 is 1.59 bits per heavy atom. The summed E-state index contributed by atoms with van der Waals surface area (Å²) in [5, 5.41) is 11.9. The second-order valence-corrected chi connectivity index (χ2v) is 6.85. The van der Waals surface area contributed by atoms with E-state index in [2.05, 4.69) is 5.32 Å². The molecule has 0 aliphatic rings. The van der Waals surface area contributed by atoms with Crippen LogP contribution in [0.2, 0.25) is 0 Å². The molecular weight excluding hydrogens is 386 g/mol. The molecule has 0 unspecified atom stereocenters. The molecule has 0 aliphatic heterocycles. The molecule has 3 aromatic rings. The van der Waals surface area contributed by atoms with Gasteiger partial charge in [-0.3, -0.25) is 4.79 Å². The maximum atomic E-state index is 12.2. The topological polar surface area (TPSA) is 75.6 Å². The lowest BCUT2D eigenvalue weighted by atomic mass is 10.1. The number of hydrogen-bond acceptors (Lipinski definition) is 4. The third-order valence-corrected chi connectivity index (χ3v) is 4.78. The van der Waals surface area contributed by atoms with Crippen molar-refractivity contribution in [1.82, 2.24) is 5.32 Å². The lowest BCUT2D eigenvalue weighted by molar-refractivity contribution is -0.132. The molecule has 0 heterocycles. The van der Waals surface area contributed by atoms with Gasteiger partial charge in [0.05, 0.1) is 0 Å². The predicted octanol–water partition coefficient (Wildman–Crippen LogP) is 5.06. The van der Waals surface area contributed by atoms with Gasteiger partial charge in [0.1, 0.15) is 17.2 Å². The molecule has 6 heteroatoms. The number of para-hydroxylation sites is 1. The van der Waals surface area contributed by atoms with Gasteiger partial charge in [0, 0.05) is 10.5 Å². The van der Waals surface area contributed by atoms with Gasteiger partial charge in [-0.25, -0.2) is 4.79 Å². The van der Waals surface area contributed by atoms with E-state index in [1.807, 2.05) is 30.5 Å². The standard InChI is InChI=1S/C23H19NO4S/c1-29-21-10-6-5-9-20(21)28-18-13-11-16(12-14-18)15-19(23(26)27)24-22(25)17-7-3-2-4-8-17/h2-15H,1H3,(H,24,25)(H,26,27). The SMILES string of the molecule is CSc1ccccc1Oc1ccc(C=C(NC(=O)c2ccccc2)C(=O)O)cc1. The Morgan fingerprint density at radius 3 is 2.24 bits per heavy atom. The lowest BCUT2D eigenvalue weighted by Gasteiger charge is -2.10. The molecule has 0 aliphatic carbocycles. The van der Waals surface area contributed by atoms with Crippen LogP contribution in [0.4, 0.5) is 0 Å². The van der Waals surface area contributed by atoms with E-state index in [9.17, 15) is 14.7 Å². The summed E-state index contributed by atoms with van der Waals surface area (Å²) < 4.78 is 5.90. The summed E-state index contributed by atoms with van der Waals surface area (Å²) in [6.45, 7) is 0. The molecule has 29 heavy (non-hydrogen) atoms. The van der Waals surface area contributed by atoms with E-state index in [4.69, 9.17) is 4.74 Å². The molecule has 1 amide bonds. The van der Waals surface area contributed by atoms with Gasteiger partial charge >= 0.3 is 5.97 Å². The molecule has 0 atom stereocenters. The summed E-state index contributed by atoms with van der Waals surface area (Å²) in [7, 11) is 0. The predicted molar refractivity (Wildman–Crippen MR) is 114 cm³/mol. The van der Waals surface area contributed by atoms with Crippen LogP contribution in [0, 0.1) is 0 Å². The zero-order valence-electron chi connectivity index (χ0n) is 15.7. The highest BCUT2D eigenvalue weighted by Gasteiger charge is 2.13. The molecule has 2 N–H and O–H groups in total. The molecule has 3 rings (SSSR count). The van der Waals surface area contributed by atoms with E-state index in [0.717, 1.165) is 10.6 Å². The van der Waals surface area contributed by atoms with Crippen molar-refractivity contribution in [3.63, 3.8) is 0 Å². The van der Waals surface area contributed by atoms with Crippen LogP contribution < -0.4 is 10.1 Å². The van der Waals surface area contributed by atoms with Gasteiger partial charge in [-0.2, -0.15) is 0 Å². The van der Waals surface area contributed by atoms with Crippen LogP contribution in [0.5, 0.6) is 11.5 Å². The first kappa shape index (κ1) is 20.2. The van der Waals surface area contributed by atoms with E-state index in [1.165, 1.54) is 6.08 Å². The van der Waals surface area contributed by atoms with Gasteiger partial charge in [-0.1, -0.05) is 42.5 Å². The Kier molecular flexibility index (Phi) is 6.71. The number of hydrogen-bond donors (Lipinski definition) is 2. The molecule has 146 valence electrons. The van der Waals surface area contributed by atoms with Crippen molar-refractivity contribution in [2.24, 2.45) is 0 Å². The molecule has 5 nitrogen and oxygen atoms in total. The van der Waals surface area contributed by atoms with Gasteiger partial charge in [0.25, 0.3) is 5.91 Å². The van der Waals surface area contributed by atoms with Gasteiger partial charge in [-0.15, -0.1) is 11.8 Å². The van der Waals surface area contributed by atoms with Crippen LogP contribution in [0.15, 0.2) is 89.5 Å². The zero-order chi connectivity index (χ0) is 20.6. The van der Waals surface area contributed by atoms with E-state index in [-0.39, 0.29) is 5.70 Å². The summed E-state index contributed by atoms with van der Waals surface area (Å²) in [6, 6.07) is 23.1. The average Bonchev–Trinajstić information content (AvgIpc) is 2.75. The number of carbonyl (C=O) groups excluding carboxylic acids is 1. The quantitative estimate of drug-likeness (QED) is 0.425. The molecule has 3 aromatic carbocycles. The van der Waals surface area contributed by atoms with Crippen molar-refractivity contribution in [2.75, 3.05) is 6.26 Å². The number of rotatable bonds is 7. The minimum Gasteiger partial charge on any atom is -0.477 e. The van der Waals surface area contributed by atoms with Gasteiger partial charge < -0.3 is 15.2 Å². The molecule has 0 spiro atoms. The van der Waals surface area contributed by atoms with Crippen LogP contribution in [-0.2, 0) is 4.79 Å². The summed E-state index contributed by atoms with van der Waals surface area (Å²) in [4.78, 5) is 24.8. The van der Waals surface area contributed by atoms with E-state index < -0.39 is 11.9 Å². The molecular formula is C23H19NO4S. The number of aliphatic carboxylic acids is 1. The van der Waals surface area contributed by atoms with Crippen molar-refractivity contribution in [2.45, 2.75) is 4.90 Å².